The molecule has 0 N–H and O–H groups in total. The molecule has 4 heteroatoms. The lowest BCUT2D eigenvalue weighted by atomic mass is 9.99. The minimum Gasteiger partial charge on any atom is -0.336 e. The van der Waals surface area contributed by atoms with Crippen molar-refractivity contribution in [3.8, 4) is 0 Å². The highest BCUT2D eigenvalue weighted by molar-refractivity contribution is 9.10. The number of likely N-dealkylation sites (tertiary alicyclic amines) is 1. The zero-order valence-electron chi connectivity index (χ0n) is 10.0. The van der Waals surface area contributed by atoms with Gasteiger partial charge in [0.15, 0.2) is 0 Å². The molecule has 1 atom stereocenters. The van der Waals surface area contributed by atoms with Crippen LogP contribution in [0.5, 0.6) is 0 Å². The Morgan fingerprint density at radius 1 is 1.59 bits per heavy atom. The molecule has 1 aliphatic heterocycles. The molecule has 1 aromatic rings. The van der Waals surface area contributed by atoms with Crippen molar-refractivity contribution in [1.82, 2.24) is 9.88 Å². The van der Waals surface area contributed by atoms with Gasteiger partial charge in [-0.25, -0.2) is 4.98 Å². The average molecular weight is 297 g/mol. The number of carbonyl (C=O) groups is 1. The number of nitrogens with zero attached hydrogens (tertiary/aromatic N) is 2. The Labute approximate surface area is 110 Å². The molecule has 1 saturated heterocycles. The van der Waals surface area contributed by atoms with Gasteiger partial charge in [0.1, 0.15) is 4.60 Å². The van der Waals surface area contributed by atoms with Crippen LogP contribution in [0.4, 0.5) is 0 Å². The molecule has 0 aromatic carbocycles. The predicted molar refractivity (Wildman–Crippen MR) is 70.9 cm³/mol. The lowest BCUT2D eigenvalue weighted by Gasteiger charge is -2.35. The van der Waals surface area contributed by atoms with Crippen LogP contribution in [0, 0.1) is 0 Å². The van der Waals surface area contributed by atoms with Crippen LogP contribution in [0.1, 0.15) is 43.0 Å². The second-order valence-corrected chi connectivity index (χ2v) is 5.24. The van der Waals surface area contributed by atoms with Crippen molar-refractivity contribution in [2.45, 2.75) is 38.6 Å². The second-order valence-electron chi connectivity index (χ2n) is 4.42. The lowest BCUT2D eigenvalue weighted by Crippen LogP contribution is -2.43. The number of hydrogen-bond donors (Lipinski definition) is 0. The van der Waals surface area contributed by atoms with Crippen LogP contribution in [-0.4, -0.2) is 28.4 Å². The summed E-state index contributed by atoms with van der Waals surface area (Å²) in [6, 6.07) is 3.99. The summed E-state index contributed by atoms with van der Waals surface area (Å²) in [6.07, 6.45) is 6.20. The van der Waals surface area contributed by atoms with Gasteiger partial charge in [-0.15, -0.1) is 0 Å². The Morgan fingerprint density at radius 3 is 3.12 bits per heavy atom. The fourth-order valence-electron chi connectivity index (χ4n) is 2.39. The Morgan fingerprint density at radius 2 is 2.41 bits per heavy atom. The number of halogens is 1. The number of amides is 1. The quantitative estimate of drug-likeness (QED) is 0.785. The average Bonchev–Trinajstić information content (AvgIpc) is 2.38. The molecule has 3 nitrogen and oxygen atoms in total. The molecule has 1 aromatic heterocycles. The molecule has 1 amide bonds. The van der Waals surface area contributed by atoms with Gasteiger partial charge >= 0.3 is 0 Å². The minimum absolute atomic E-state index is 0.139. The highest BCUT2D eigenvalue weighted by Gasteiger charge is 2.26. The number of pyridine rings is 1. The van der Waals surface area contributed by atoms with Crippen molar-refractivity contribution < 1.29 is 4.79 Å². The first-order valence-corrected chi connectivity index (χ1v) is 6.94. The van der Waals surface area contributed by atoms with Crippen LogP contribution in [0.25, 0.3) is 0 Å². The molecule has 2 heterocycles. The van der Waals surface area contributed by atoms with Gasteiger partial charge in [0.05, 0.1) is 0 Å². The first-order chi connectivity index (χ1) is 8.22. The Balaban J connectivity index is 2.18. The van der Waals surface area contributed by atoms with Crippen molar-refractivity contribution in [1.29, 1.82) is 0 Å². The lowest BCUT2D eigenvalue weighted by molar-refractivity contribution is 0.0608. The summed E-state index contributed by atoms with van der Waals surface area (Å²) in [5.41, 5.74) is 0.729. The summed E-state index contributed by atoms with van der Waals surface area (Å²) in [4.78, 5) is 18.5. The zero-order chi connectivity index (χ0) is 12.3. The fraction of sp³-hybridized carbons (Fsp3) is 0.538. The molecule has 17 heavy (non-hydrogen) atoms. The van der Waals surface area contributed by atoms with Gasteiger partial charge in [-0.2, -0.15) is 0 Å². The van der Waals surface area contributed by atoms with Gasteiger partial charge in [-0.05, 0) is 53.7 Å². The van der Waals surface area contributed by atoms with E-state index in [0.717, 1.165) is 31.4 Å². The van der Waals surface area contributed by atoms with Crippen molar-refractivity contribution in [3.63, 3.8) is 0 Å². The molecule has 1 aliphatic rings. The van der Waals surface area contributed by atoms with Gasteiger partial charge in [0.25, 0.3) is 5.91 Å². The maximum Gasteiger partial charge on any atom is 0.254 e. The summed E-state index contributed by atoms with van der Waals surface area (Å²) < 4.78 is 0.716. The summed E-state index contributed by atoms with van der Waals surface area (Å²) in [5, 5.41) is 0. The largest absolute Gasteiger partial charge is 0.336 e. The van der Waals surface area contributed by atoms with Crippen LogP contribution >= 0.6 is 15.9 Å². The molecule has 0 spiro atoms. The Bertz CT molecular complexity index is 408. The van der Waals surface area contributed by atoms with E-state index in [4.69, 9.17) is 0 Å². The molecular formula is C13H17BrN2O. The number of aromatic nitrogens is 1. The van der Waals surface area contributed by atoms with Crippen molar-refractivity contribution >= 4 is 21.8 Å². The second kappa shape index (κ2) is 5.63. The molecule has 92 valence electrons. The van der Waals surface area contributed by atoms with E-state index in [2.05, 4.69) is 27.8 Å². The third kappa shape index (κ3) is 2.86. The molecular weight excluding hydrogens is 280 g/mol. The summed E-state index contributed by atoms with van der Waals surface area (Å²) in [7, 11) is 0. The number of piperidine rings is 1. The van der Waals surface area contributed by atoms with Gasteiger partial charge in [0, 0.05) is 24.3 Å². The Kier molecular flexibility index (Phi) is 4.15. The SMILES string of the molecule is CCC1CCCCN1C(=O)c1ccnc(Br)c1. The van der Waals surface area contributed by atoms with E-state index in [0.29, 0.717) is 10.6 Å². The minimum atomic E-state index is 0.139. The van der Waals surface area contributed by atoms with Gasteiger partial charge in [-0.1, -0.05) is 6.92 Å². The van der Waals surface area contributed by atoms with Gasteiger partial charge in [-0.3, -0.25) is 4.79 Å². The summed E-state index contributed by atoms with van der Waals surface area (Å²) in [6.45, 7) is 3.04. The van der Waals surface area contributed by atoms with E-state index in [9.17, 15) is 4.79 Å². The number of carbonyl (C=O) groups excluding carboxylic acids is 1. The van der Waals surface area contributed by atoms with Crippen molar-refractivity contribution in [2.24, 2.45) is 0 Å². The first-order valence-electron chi connectivity index (χ1n) is 6.15. The molecule has 0 aliphatic carbocycles. The highest BCUT2D eigenvalue weighted by Crippen LogP contribution is 2.22. The van der Waals surface area contributed by atoms with Crippen LogP contribution < -0.4 is 0 Å². The van der Waals surface area contributed by atoms with E-state index in [-0.39, 0.29) is 5.91 Å². The fourth-order valence-corrected chi connectivity index (χ4v) is 2.76. The monoisotopic (exact) mass is 296 g/mol. The molecule has 2 rings (SSSR count). The van der Waals surface area contributed by atoms with Crippen LogP contribution in [0.15, 0.2) is 22.9 Å². The van der Waals surface area contributed by atoms with E-state index in [1.165, 1.54) is 6.42 Å². The van der Waals surface area contributed by atoms with E-state index < -0.39 is 0 Å². The van der Waals surface area contributed by atoms with Crippen molar-refractivity contribution in [2.75, 3.05) is 6.54 Å². The van der Waals surface area contributed by atoms with E-state index in [1.807, 2.05) is 4.90 Å². The topological polar surface area (TPSA) is 33.2 Å². The molecule has 0 radical (unpaired) electrons. The normalized spacial score (nSPS) is 20.4. The Hall–Kier alpha value is -0.900. The van der Waals surface area contributed by atoms with E-state index >= 15 is 0 Å². The third-order valence-corrected chi connectivity index (χ3v) is 3.77. The molecule has 1 fully saturated rings. The standard InChI is InChI=1S/C13H17BrN2O/c1-2-11-5-3-4-8-16(11)13(17)10-6-7-15-12(14)9-10/h6-7,9,11H,2-5,8H2,1H3. The number of rotatable bonds is 2. The molecule has 0 saturated carbocycles. The zero-order valence-corrected chi connectivity index (χ0v) is 11.6. The molecule has 0 bridgehead atoms. The first kappa shape index (κ1) is 12.6. The van der Waals surface area contributed by atoms with Gasteiger partial charge < -0.3 is 4.90 Å². The molecule has 1 unspecified atom stereocenters. The highest BCUT2D eigenvalue weighted by atomic mass is 79.9. The summed E-state index contributed by atoms with van der Waals surface area (Å²) >= 11 is 3.30. The van der Waals surface area contributed by atoms with Crippen LogP contribution in [0.3, 0.4) is 0 Å². The number of hydrogen-bond acceptors (Lipinski definition) is 2. The summed E-state index contributed by atoms with van der Waals surface area (Å²) in [5.74, 6) is 0.139. The van der Waals surface area contributed by atoms with Crippen LogP contribution in [-0.2, 0) is 0 Å². The van der Waals surface area contributed by atoms with E-state index in [1.54, 1.807) is 18.3 Å². The maximum absolute atomic E-state index is 12.4. The smallest absolute Gasteiger partial charge is 0.254 e. The van der Waals surface area contributed by atoms with Gasteiger partial charge in [0.2, 0.25) is 0 Å². The third-order valence-electron chi connectivity index (χ3n) is 3.33. The predicted octanol–water partition coefficient (Wildman–Crippen LogP) is 3.25. The maximum atomic E-state index is 12.4. The van der Waals surface area contributed by atoms with Crippen LogP contribution in [0.2, 0.25) is 0 Å². The van der Waals surface area contributed by atoms with Crippen molar-refractivity contribution in [3.05, 3.63) is 28.5 Å².